The van der Waals surface area contributed by atoms with Gasteiger partial charge in [-0.1, -0.05) is 54.1 Å². The summed E-state index contributed by atoms with van der Waals surface area (Å²) in [6.07, 6.45) is 0.970. The van der Waals surface area contributed by atoms with Crippen molar-refractivity contribution in [2.45, 2.75) is 19.6 Å². The first-order valence-electron chi connectivity index (χ1n) is 8.71. The molecule has 0 aliphatic carbocycles. The standard InChI is InChI=1S/C22H20Br2ClNO.ClH/c23-20-12-18(14-26-11-10-16-6-8-19(25)9-7-16)13-21(24)22(20)27-15-17-4-2-1-3-5-17;/h1-9,12-13,26H,10-11,14-15H2;1H. The largest absolute Gasteiger partial charge is 0.487 e. The SMILES string of the molecule is Cl.Clc1ccc(CCNCc2cc(Br)c(OCc3ccccc3)c(Br)c2)cc1. The van der Waals surface area contributed by atoms with E-state index >= 15 is 0 Å². The minimum absolute atomic E-state index is 0. The maximum atomic E-state index is 5.98. The number of halogens is 4. The molecule has 3 aromatic carbocycles. The zero-order chi connectivity index (χ0) is 19.1. The van der Waals surface area contributed by atoms with Crippen LogP contribution in [0.2, 0.25) is 5.02 Å². The molecule has 0 heterocycles. The molecule has 0 bridgehead atoms. The summed E-state index contributed by atoms with van der Waals surface area (Å²) in [5, 5.41) is 4.26. The van der Waals surface area contributed by atoms with Crippen LogP contribution in [0.1, 0.15) is 16.7 Å². The van der Waals surface area contributed by atoms with Crippen molar-refractivity contribution in [3.05, 3.63) is 97.4 Å². The zero-order valence-corrected chi connectivity index (χ0v) is 19.9. The van der Waals surface area contributed by atoms with Crippen LogP contribution in [-0.4, -0.2) is 6.54 Å². The second-order valence-corrected chi connectivity index (χ2v) is 8.36. The predicted molar refractivity (Wildman–Crippen MR) is 127 cm³/mol. The van der Waals surface area contributed by atoms with Crippen LogP contribution in [0.4, 0.5) is 0 Å². The normalized spacial score (nSPS) is 10.4. The van der Waals surface area contributed by atoms with Gasteiger partial charge in [-0.25, -0.2) is 0 Å². The Morgan fingerprint density at radius 2 is 1.46 bits per heavy atom. The van der Waals surface area contributed by atoms with Gasteiger partial charge in [-0.3, -0.25) is 0 Å². The summed E-state index contributed by atoms with van der Waals surface area (Å²) in [6.45, 7) is 2.24. The molecule has 0 atom stereocenters. The molecule has 0 aliphatic heterocycles. The van der Waals surface area contributed by atoms with Crippen LogP contribution in [-0.2, 0) is 19.6 Å². The third-order valence-corrected chi connectivity index (χ3v) is 5.55. The molecule has 0 fully saturated rings. The number of benzene rings is 3. The van der Waals surface area contributed by atoms with Gasteiger partial charge in [0.15, 0.2) is 0 Å². The zero-order valence-electron chi connectivity index (χ0n) is 15.1. The van der Waals surface area contributed by atoms with E-state index < -0.39 is 0 Å². The smallest absolute Gasteiger partial charge is 0.148 e. The van der Waals surface area contributed by atoms with Gasteiger partial charge in [0.05, 0.1) is 8.95 Å². The average Bonchev–Trinajstić information content (AvgIpc) is 2.67. The Balaban J connectivity index is 0.00000280. The van der Waals surface area contributed by atoms with E-state index in [1.165, 1.54) is 11.1 Å². The van der Waals surface area contributed by atoms with Gasteiger partial charge in [-0.2, -0.15) is 0 Å². The van der Waals surface area contributed by atoms with Crippen molar-refractivity contribution in [1.29, 1.82) is 0 Å². The second kappa shape index (κ2) is 11.8. The van der Waals surface area contributed by atoms with Crippen LogP contribution in [0.5, 0.6) is 5.75 Å². The van der Waals surface area contributed by atoms with Crippen LogP contribution in [0.15, 0.2) is 75.7 Å². The molecule has 1 N–H and O–H groups in total. The Hall–Kier alpha value is -1.04. The van der Waals surface area contributed by atoms with E-state index in [2.05, 4.69) is 73.6 Å². The van der Waals surface area contributed by atoms with Gasteiger partial charge in [-0.05, 0) is 85.8 Å². The predicted octanol–water partition coefficient (Wildman–Crippen LogP) is 7.20. The van der Waals surface area contributed by atoms with Crippen molar-refractivity contribution in [1.82, 2.24) is 5.32 Å². The summed E-state index contributed by atoms with van der Waals surface area (Å²) in [5.74, 6) is 0.823. The number of nitrogens with one attached hydrogen (secondary N) is 1. The van der Waals surface area contributed by atoms with Gasteiger partial charge < -0.3 is 10.1 Å². The lowest BCUT2D eigenvalue weighted by Gasteiger charge is -2.13. The Morgan fingerprint density at radius 3 is 2.11 bits per heavy atom. The molecule has 6 heteroatoms. The molecule has 0 saturated carbocycles. The Morgan fingerprint density at radius 1 is 0.821 bits per heavy atom. The van der Waals surface area contributed by atoms with E-state index in [4.69, 9.17) is 16.3 Å². The third-order valence-electron chi connectivity index (χ3n) is 4.12. The minimum atomic E-state index is 0. The second-order valence-electron chi connectivity index (χ2n) is 6.22. The van der Waals surface area contributed by atoms with Crippen LogP contribution in [0, 0.1) is 0 Å². The van der Waals surface area contributed by atoms with Crippen molar-refractivity contribution in [2.24, 2.45) is 0 Å². The Labute approximate surface area is 194 Å². The van der Waals surface area contributed by atoms with Gasteiger partial charge in [0.2, 0.25) is 0 Å². The third kappa shape index (κ3) is 7.09. The lowest BCUT2D eigenvalue weighted by Crippen LogP contribution is -2.16. The van der Waals surface area contributed by atoms with Crippen LogP contribution in [0.25, 0.3) is 0 Å². The highest BCUT2D eigenvalue weighted by atomic mass is 79.9. The maximum absolute atomic E-state index is 5.98. The number of ether oxygens (including phenoxy) is 1. The van der Waals surface area contributed by atoms with Gasteiger partial charge in [0.25, 0.3) is 0 Å². The van der Waals surface area contributed by atoms with Gasteiger partial charge in [0.1, 0.15) is 12.4 Å². The van der Waals surface area contributed by atoms with E-state index in [1.807, 2.05) is 30.3 Å². The molecular formula is C22H21Br2Cl2NO. The van der Waals surface area contributed by atoms with Crippen molar-refractivity contribution in [3.63, 3.8) is 0 Å². The van der Waals surface area contributed by atoms with Crippen molar-refractivity contribution in [3.8, 4) is 5.75 Å². The first-order chi connectivity index (χ1) is 13.1. The molecule has 148 valence electrons. The van der Waals surface area contributed by atoms with E-state index in [1.54, 1.807) is 0 Å². The van der Waals surface area contributed by atoms with E-state index in [0.29, 0.717) is 6.61 Å². The fourth-order valence-electron chi connectivity index (χ4n) is 2.70. The van der Waals surface area contributed by atoms with Crippen molar-refractivity contribution in [2.75, 3.05) is 6.54 Å². The number of hydrogen-bond donors (Lipinski definition) is 1. The summed E-state index contributed by atoms with van der Waals surface area (Å²) in [5.41, 5.74) is 3.61. The number of rotatable bonds is 8. The summed E-state index contributed by atoms with van der Waals surface area (Å²) in [7, 11) is 0. The van der Waals surface area contributed by atoms with Crippen LogP contribution < -0.4 is 10.1 Å². The lowest BCUT2D eigenvalue weighted by atomic mass is 10.1. The highest BCUT2D eigenvalue weighted by Gasteiger charge is 2.09. The summed E-state index contributed by atoms with van der Waals surface area (Å²) in [6, 6.07) is 22.3. The number of hydrogen-bond acceptors (Lipinski definition) is 2. The Kier molecular flexibility index (Phi) is 9.83. The Bertz CT molecular complexity index is 850. The molecule has 0 aliphatic rings. The maximum Gasteiger partial charge on any atom is 0.148 e. The molecule has 3 aromatic rings. The van der Waals surface area contributed by atoms with E-state index in [9.17, 15) is 0 Å². The van der Waals surface area contributed by atoms with E-state index in [0.717, 1.165) is 44.8 Å². The highest BCUT2D eigenvalue weighted by Crippen LogP contribution is 2.35. The summed E-state index contributed by atoms with van der Waals surface area (Å²) in [4.78, 5) is 0. The van der Waals surface area contributed by atoms with Gasteiger partial charge >= 0.3 is 0 Å². The monoisotopic (exact) mass is 543 g/mol. The lowest BCUT2D eigenvalue weighted by molar-refractivity contribution is 0.302. The highest BCUT2D eigenvalue weighted by molar-refractivity contribution is 9.11. The van der Waals surface area contributed by atoms with Gasteiger partial charge in [0, 0.05) is 11.6 Å². The van der Waals surface area contributed by atoms with Crippen molar-refractivity contribution < 1.29 is 4.74 Å². The van der Waals surface area contributed by atoms with Gasteiger partial charge in [-0.15, -0.1) is 12.4 Å². The topological polar surface area (TPSA) is 21.3 Å². The molecule has 0 radical (unpaired) electrons. The van der Waals surface area contributed by atoms with Crippen LogP contribution >= 0.6 is 55.9 Å². The van der Waals surface area contributed by atoms with E-state index in [-0.39, 0.29) is 12.4 Å². The molecule has 3 rings (SSSR count). The molecule has 0 amide bonds. The van der Waals surface area contributed by atoms with Crippen molar-refractivity contribution >= 4 is 55.9 Å². The summed E-state index contributed by atoms with van der Waals surface area (Å²) < 4.78 is 7.87. The first-order valence-corrected chi connectivity index (χ1v) is 10.7. The summed E-state index contributed by atoms with van der Waals surface area (Å²) >= 11 is 13.2. The molecule has 0 saturated heterocycles. The molecule has 0 spiro atoms. The van der Waals surface area contributed by atoms with Crippen LogP contribution in [0.3, 0.4) is 0 Å². The fourth-order valence-corrected chi connectivity index (χ4v) is 4.33. The quantitative estimate of drug-likeness (QED) is 0.302. The molecule has 0 aromatic heterocycles. The molecule has 2 nitrogen and oxygen atoms in total. The minimum Gasteiger partial charge on any atom is -0.487 e. The average molecular weight is 546 g/mol. The first kappa shape index (κ1) is 23.2. The molecule has 0 unspecified atom stereocenters. The molecule has 28 heavy (non-hydrogen) atoms. The fraction of sp³-hybridized carbons (Fsp3) is 0.182. The molecular weight excluding hydrogens is 525 g/mol.